The van der Waals surface area contributed by atoms with Crippen LogP contribution in [0.25, 0.3) is 0 Å². The largest absolute Gasteiger partial charge is 0.344 e. The molecule has 1 aromatic rings. The summed E-state index contributed by atoms with van der Waals surface area (Å²) in [6.07, 6.45) is 1.81. The molecule has 3 heterocycles. The van der Waals surface area contributed by atoms with E-state index >= 15 is 0 Å². The van der Waals surface area contributed by atoms with E-state index in [1.807, 2.05) is 24.4 Å². The predicted molar refractivity (Wildman–Crippen MR) is 85.3 cm³/mol. The Hall–Kier alpha value is -0.986. The van der Waals surface area contributed by atoms with Gasteiger partial charge in [0, 0.05) is 6.20 Å². The second-order valence-electron chi connectivity index (χ2n) is 7.18. The van der Waals surface area contributed by atoms with Gasteiger partial charge in [-0.1, -0.05) is 32.3 Å². The number of aromatic nitrogens is 1. The number of hydrogen-bond acceptors (Lipinski definition) is 3. The van der Waals surface area contributed by atoms with Crippen LogP contribution in [0.3, 0.4) is 0 Å². The highest BCUT2D eigenvalue weighted by molar-refractivity contribution is 6.95. The number of rotatable bonds is 2. The Kier molecular flexibility index (Phi) is 3.15. The molecule has 20 heavy (non-hydrogen) atoms. The SMILES string of the molecule is C[Si]1(C)CC[Si](C)(C)N1[C@H]1C(=O)N[C@@H]1c1ccccn1. The van der Waals surface area contributed by atoms with Crippen LogP contribution in [0.1, 0.15) is 11.7 Å². The predicted octanol–water partition coefficient (Wildman–Crippen LogP) is 2.35. The number of carbonyl (C=O) groups is 1. The number of carbonyl (C=O) groups excluding carboxylic acids is 1. The highest BCUT2D eigenvalue weighted by Gasteiger charge is 2.57. The van der Waals surface area contributed by atoms with Gasteiger partial charge in [0.1, 0.15) is 22.5 Å². The van der Waals surface area contributed by atoms with E-state index in [1.54, 1.807) is 0 Å². The van der Waals surface area contributed by atoms with Gasteiger partial charge in [0.2, 0.25) is 5.91 Å². The van der Waals surface area contributed by atoms with Gasteiger partial charge in [0.05, 0.1) is 11.7 Å². The van der Waals surface area contributed by atoms with E-state index in [2.05, 4.69) is 40.7 Å². The molecule has 4 nitrogen and oxygen atoms in total. The maximum absolute atomic E-state index is 12.2. The van der Waals surface area contributed by atoms with Crippen molar-refractivity contribution in [2.45, 2.75) is 50.4 Å². The molecule has 2 aliphatic rings. The summed E-state index contributed by atoms with van der Waals surface area (Å²) < 4.78 is 2.68. The van der Waals surface area contributed by atoms with Crippen LogP contribution in [-0.2, 0) is 4.79 Å². The number of hydrogen-bond donors (Lipinski definition) is 1. The van der Waals surface area contributed by atoms with Gasteiger partial charge in [-0.2, -0.15) is 0 Å². The quantitative estimate of drug-likeness (QED) is 0.674. The van der Waals surface area contributed by atoms with Crippen LogP contribution in [0, 0.1) is 0 Å². The normalized spacial score (nSPS) is 31.7. The maximum Gasteiger partial charge on any atom is 0.239 e. The lowest BCUT2D eigenvalue weighted by Crippen LogP contribution is -2.72. The van der Waals surface area contributed by atoms with E-state index in [4.69, 9.17) is 0 Å². The van der Waals surface area contributed by atoms with Gasteiger partial charge in [-0.05, 0) is 24.2 Å². The molecule has 0 unspecified atom stereocenters. The lowest BCUT2D eigenvalue weighted by Gasteiger charge is -2.51. The monoisotopic (exact) mass is 305 g/mol. The van der Waals surface area contributed by atoms with Crippen LogP contribution >= 0.6 is 0 Å². The summed E-state index contributed by atoms with van der Waals surface area (Å²) in [7, 11) is -2.90. The first-order valence-electron chi connectivity index (χ1n) is 7.34. The second-order valence-corrected chi connectivity index (χ2v) is 16.8. The van der Waals surface area contributed by atoms with Gasteiger partial charge in [-0.15, -0.1) is 0 Å². The molecule has 108 valence electrons. The molecule has 0 saturated carbocycles. The zero-order valence-corrected chi connectivity index (χ0v) is 14.7. The van der Waals surface area contributed by atoms with Crippen molar-refractivity contribution in [2.75, 3.05) is 0 Å². The fourth-order valence-corrected chi connectivity index (χ4v) is 18.5. The molecule has 0 aromatic carbocycles. The van der Waals surface area contributed by atoms with Crippen molar-refractivity contribution in [1.82, 2.24) is 14.5 Å². The first kappa shape index (κ1) is 14.0. The Morgan fingerprint density at radius 1 is 1.20 bits per heavy atom. The van der Waals surface area contributed by atoms with E-state index in [1.165, 1.54) is 12.1 Å². The third kappa shape index (κ3) is 2.06. The second kappa shape index (κ2) is 4.51. The molecule has 2 fully saturated rings. The molecule has 6 heteroatoms. The number of nitrogens with one attached hydrogen (secondary N) is 1. The van der Waals surface area contributed by atoms with E-state index in [9.17, 15) is 4.79 Å². The molecule has 0 spiro atoms. The Labute approximate surface area is 122 Å². The maximum atomic E-state index is 12.2. The molecule has 0 aliphatic carbocycles. The molecule has 1 N–H and O–H groups in total. The van der Waals surface area contributed by atoms with Gasteiger partial charge >= 0.3 is 0 Å². The molecule has 0 radical (unpaired) electrons. The third-order valence-corrected chi connectivity index (χ3v) is 15.1. The van der Waals surface area contributed by atoms with Crippen LogP contribution in [0.15, 0.2) is 24.4 Å². The molecule has 0 bridgehead atoms. The van der Waals surface area contributed by atoms with Crippen LogP contribution in [-0.4, -0.2) is 37.6 Å². The number of amides is 1. The first-order chi connectivity index (χ1) is 9.33. The standard InChI is InChI=1S/C14H23N3OSi2/c1-19(2)9-10-20(3,4)17(19)13-12(16-14(13)18)11-7-5-6-8-15-11/h5-8,12-13H,9-10H2,1-4H3,(H,16,18)/t12-,13-/m1/s1. The fraction of sp³-hybridized carbons (Fsp3) is 0.571. The van der Waals surface area contributed by atoms with Crippen LogP contribution in [0.4, 0.5) is 0 Å². The molecule has 2 aliphatic heterocycles. The summed E-state index contributed by atoms with van der Waals surface area (Å²) in [6.45, 7) is 9.65. The fourth-order valence-electron chi connectivity index (χ4n) is 3.86. The third-order valence-electron chi connectivity index (χ3n) is 4.82. The van der Waals surface area contributed by atoms with E-state index in [-0.39, 0.29) is 18.0 Å². The topological polar surface area (TPSA) is 45.2 Å². The minimum absolute atomic E-state index is 0.0238. The molecular formula is C14H23N3OSi2. The minimum atomic E-state index is -1.45. The summed E-state index contributed by atoms with van der Waals surface area (Å²) in [4.78, 5) is 16.7. The van der Waals surface area contributed by atoms with Gasteiger partial charge in [-0.3, -0.25) is 9.78 Å². The Balaban J connectivity index is 1.94. The molecule has 2 atom stereocenters. The average molecular weight is 306 g/mol. The minimum Gasteiger partial charge on any atom is -0.344 e. The lowest BCUT2D eigenvalue weighted by atomic mass is 9.96. The van der Waals surface area contributed by atoms with E-state index in [0.29, 0.717) is 0 Å². The molecule has 3 rings (SSSR count). The van der Waals surface area contributed by atoms with E-state index in [0.717, 1.165) is 5.69 Å². The van der Waals surface area contributed by atoms with Crippen molar-refractivity contribution >= 4 is 22.4 Å². The van der Waals surface area contributed by atoms with Crippen LogP contribution in [0.5, 0.6) is 0 Å². The molecule has 1 aromatic heterocycles. The molecule has 1 amide bonds. The summed E-state index contributed by atoms with van der Waals surface area (Å²) in [6, 6.07) is 8.70. The Bertz CT molecular complexity index is 516. The van der Waals surface area contributed by atoms with E-state index < -0.39 is 16.5 Å². The van der Waals surface area contributed by atoms with Gasteiger partial charge < -0.3 is 9.55 Å². The molecular weight excluding hydrogens is 282 g/mol. The lowest BCUT2D eigenvalue weighted by molar-refractivity contribution is -0.133. The van der Waals surface area contributed by atoms with Crippen LogP contribution < -0.4 is 5.32 Å². The first-order valence-corrected chi connectivity index (χ1v) is 13.6. The van der Waals surface area contributed by atoms with Gasteiger partial charge in [0.15, 0.2) is 0 Å². The zero-order chi connectivity index (χ0) is 14.5. The van der Waals surface area contributed by atoms with Crippen LogP contribution in [0.2, 0.25) is 38.3 Å². The summed E-state index contributed by atoms with van der Waals surface area (Å²) >= 11 is 0. The Morgan fingerprint density at radius 2 is 1.85 bits per heavy atom. The van der Waals surface area contributed by atoms with Crippen molar-refractivity contribution in [2.24, 2.45) is 0 Å². The highest BCUT2D eigenvalue weighted by Crippen LogP contribution is 2.43. The van der Waals surface area contributed by atoms with Gasteiger partial charge in [-0.25, -0.2) is 0 Å². The number of pyridine rings is 1. The summed E-state index contributed by atoms with van der Waals surface area (Å²) in [5, 5.41) is 3.06. The van der Waals surface area contributed by atoms with Crippen molar-refractivity contribution in [1.29, 1.82) is 0 Å². The zero-order valence-electron chi connectivity index (χ0n) is 12.7. The molecule has 2 saturated heterocycles. The smallest absolute Gasteiger partial charge is 0.239 e. The van der Waals surface area contributed by atoms with Crippen molar-refractivity contribution in [3.8, 4) is 0 Å². The highest BCUT2D eigenvalue weighted by atomic mass is 28.4. The summed E-state index contributed by atoms with van der Waals surface area (Å²) in [5.74, 6) is 0.198. The van der Waals surface area contributed by atoms with Crippen molar-refractivity contribution in [3.63, 3.8) is 0 Å². The number of nitrogens with zero attached hydrogens (tertiary/aromatic N) is 2. The van der Waals surface area contributed by atoms with Crippen molar-refractivity contribution < 1.29 is 4.79 Å². The average Bonchev–Trinajstić information content (AvgIpc) is 2.60. The van der Waals surface area contributed by atoms with Gasteiger partial charge in [0.25, 0.3) is 0 Å². The summed E-state index contributed by atoms with van der Waals surface area (Å²) in [5.41, 5.74) is 0.999. The number of β-lactam (4-membered cyclic amide) rings is 1. The Morgan fingerprint density at radius 3 is 2.35 bits per heavy atom. The van der Waals surface area contributed by atoms with Crippen molar-refractivity contribution in [3.05, 3.63) is 30.1 Å².